The highest BCUT2D eigenvalue weighted by atomic mass is 19.1. The van der Waals surface area contributed by atoms with Crippen molar-refractivity contribution in [3.63, 3.8) is 0 Å². The third-order valence-corrected chi connectivity index (χ3v) is 6.74. The molecule has 0 aromatic heterocycles. The second-order valence-corrected chi connectivity index (χ2v) is 9.50. The SMILES string of the molecule is CCCCCCOc1cc(F)c(CCc2ccc3c(F)c(CCc4ccc(F)cc4)ccc3c2)c(F)c1. The number of ether oxygens (including phenoxy) is 1. The quantitative estimate of drug-likeness (QED) is 0.137. The lowest BCUT2D eigenvalue weighted by Gasteiger charge is -2.11. The van der Waals surface area contributed by atoms with Crippen molar-refractivity contribution in [1.29, 1.82) is 0 Å². The van der Waals surface area contributed by atoms with Crippen LogP contribution >= 0.6 is 0 Å². The van der Waals surface area contributed by atoms with E-state index in [0.29, 0.717) is 36.8 Å². The average Bonchev–Trinajstić information content (AvgIpc) is 2.88. The summed E-state index contributed by atoms with van der Waals surface area (Å²) in [5.74, 6) is -1.57. The maximum Gasteiger partial charge on any atom is 0.134 e. The molecular formula is C32H32F4O. The fraction of sp³-hybridized carbons (Fsp3) is 0.312. The van der Waals surface area contributed by atoms with Crippen LogP contribution in [-0.2, 0) is 25.7 Å². The molecule has 194 valence electrons. The van der Waals surface area contributed by atoms with Crippen LogP contribution in [0, 0.1) is 23.3 Å². The fourth-order valence-electron chi connectivity index (χ4n) is 4.56. The number of rotatable bonds is 12. The summed E-state index contributed by atoms with van der Waals surface area (Å²) in [6.45, 7) is 2.57. The molecule has 4 aromatic rings. The standard InChI is InChI=1S/C32H32F4O/c1-2-3-4-5-18-37-27-20-30(34)29(31(35)21-27)17-10-23-9-16-28-25(19-23)13-12-24(32(28)36)11-6-22-7-14-26(33)15-8-22/h7-9,12-16,19-21H,2-6,10-11,17-18H2,1H3. The van der Waals surface area contributed by atoms with E-state index in [2.05, 4.69) is 6.92 Å². The third-order valence-electron chi connectivity index (χ3n) is 6.74. The first kappa shape index (κ1) is 26.7. The molecule has 0 saturated carbocycles. The molecule has 1 nitrogen and oxygen atoms in total. The van der Waals surface area contributed by atoms with Gasteiger partial charge >= 0.3 is 0 Å². The maximum absolute atomic E-state index is 15.1. The Hall–Kier alpha value is -3.34. The molecule has 0 aliphatic heterocycles. The molecule has 4 aromatic carbocycles. The average molecular weight is 509 g/mol. The van der Waals surface area contributed by atoms with Gasteiger partial charge in [0.15, 0.2) is 0 Å². The number of unbranched alkanes of at least 4 members (excludes halogenated alkanes) is 3. The van der Waals surface area contributed by atoms with E-state index in [-0.39, 0.29) is 29.4 Å². The molecule has 0 atom stereocenters. The van der Waals surface area contributed by atoms with Gasteiger partial charge in [0.05, 0.1) is 6.61 Å². The van der Waals surface area contributed by atoms with Crippen molar-refractivity contribution in [3.05, 3.63) is 112 Å². The van der Waals surface area contributed by atoms with Gasteiger partial charge < -0.3 is 4.74 Å². The molecule has 0 radical (unpaired) electrons. The number of hydrogen-bond donors (Lipinski definition) is 0. The van der Waals surface area contributed by atoms with Gasteiger partial charge in [0.25, 0.3) is 0 Å². The summed E-state index contributed by atoms with van der Waals surface area (Å²) in [5.41, 5.74) is 2.45. The summed E-state index contributed by atoms with van der Waals surface area (Å²) in [4.78, 5) is 0. The zero-order chi connectivity index (χ0) is 26.2. The first-order chi connectivity index (χ1) is 17.9. The number of fused-ring (bicyclic) bond motifs is 1. The summed E-state index contributed by atoms with van der Waals surface area (Å²) in [7, 11) is 0. The Balaban J connectivity index is 1.38. The first-order valence-electron chi connectivity index (χ1n) is 13.0. The zero-order valence-electron chi connectivity index (χ0n) is 21.1. The van der Waals surface area contributed by atoms with Crippen molar-refractivity contribution in [1.82, 2.24) is 0 Å². The van der Waals surface area contributed by atoms with Crippen LogP contribution in [0.4, 0.5) is 17.6 Å². The van der Waals surface area contributed by atoms with E-state index in [1.165, 1.54) is 24.3 Å². The van der Waals surface area contributed by atoms with Crippen LogP contribution in [0.15, 0.2) is 66.7 Å². The molecule has 5 heteroatoms. The Labute approximate surface area is 216 Å². The Morgan fingerprint density at radius 2 is 1.35 bits per heavy atom. The largest absolute Gasteiger partial charge is 0.493 e. The number of aryl methyl sites for hydroxylation is 3. The molecule has 0 aliphatic rings. The molecule has 0 heterocycles. The minimum atomic E-state index is -0.610. The van der Waals surface area contributed by atoms with Gasteiger partial charge in [0.1, 0.15) is 29.0 Å². The van der Waals surface area contributed by atoms with E-state index >= 15 is 4.39 Å². The van der Waals surface area contributed by atoms with E-state index < -0.39 is 11.6 Å². The van der Waals surface area contributed by atoms with Crippen molar-refractivity contribution in [2.75, 3.05) is 6.61 Å². The zero-order valence-corrected chi connectivity index (χ0v) is 21.1. The van der Waals surface area contributed by atoms with Gasteiger partial charge in [0.2, 0.25) is 0 Å². The highest BCUT2D eigenvalue weighted by Crippen LogP contribution is 2.26. The lowest BCUT2D eigenvalue weighted by atomic mass is 9.97. The van der Waals surface area contributed by atoms with E-state index in [4.69, 9.17) is 4.74 Å². The van der Waals surface area contributed by atoms with Crippen LogP contribution < -0.4 is 4.74 Å². The van der Waals surface area contributed by atoms with Crippen molar-refractivity contribution in [3.8, 4) is 5.75 Å². The van der Waals surface area contributed by atoms with Gasteiger partial charge in [-0.3, -0.25) is 0 Å². The molecule has 4 rings (SSSR count). The molecule has 0 unspecified atom stereocenters. The lowest BCUT2D eigenvalue weighted by Crippen LogP contribution is -2.03. The van der Waals surface area contributed by atoms with Crippen LogP contribution in [0.25, 0.3) is 10.8 Å². The van der Waals surface area contributed by atoms with E-state index in [9.17, 15) is 13.2 Å². The van der Waals surface area contributed by atoms with Crippen LogP contribution in [-0.4, -0.2) is 6.61 Å². The minimum absolute atomic E-state index is 0.0285. The molecule has 0 fully saturated rings. The summed E-state index contributed by atoms with van der Waals surface area (Å²) in [5, 5.41) is 1.26. The van der Waals surface area contributed by atoms with Gasteiger partial charge in [0, 0.05) is 23.1 Å². The number of halogens is 4. The molecule has 0 amide bonds. The van der Waals surface area contributed by atoms with Crippen LogP contribution in [0.1, 0.15) is 54.9 Å². The van der Waals surface area contributed by atoms with Gasteiger partial charge in [-0.05, 0) is 66.3 Å². The predicted octanol–water partition coefficient (Wildman–Crippen LogP) is 8.93. The Morgan fingerprint density at radius 1 is 0.649 bits per heavy atom. The third kappa shape index (κ3) is 7.12. The van der Waals surface area contributed by atoms with Gasteiger partial charge in [-0.2, -0.15) is 0 Å². The Kier molecular flexibility index (Phi) is 9.21. The molecule has 37 heavy (non-hydrogen) atoms. The van der Waals surface area contributed by atoms with Gasteiger partial charge in [-0.1, -0.05) is 68.7 Å². The van der Waals surface area contributed by atoms with Crippen molar-refractivity contribution in [2.24, 2.45) is 0 Å². The summed E-state index contributed by atoms with van der Waals surface area (Å²) in [6, 6.07) is 17.8. The van der Waals surface area contributed by atoms with Gasteiger partial charge in [-0.25, -0.2) is 17.6 Å². The molecule has 0 N–H and O–H groups in total. The minimum Gasteiger partial charge on any atom is -0.493 e. The lowest BCUT2D eigenvalue weighted by molar-refractivity contribution is 0.301. The topological polar surface area (TPSA) is 9.23 Å². The van der Waals surface area contributed by atoms with Crippen LogP contribution in [0.2, 0.25) is 0 Å². The van der Waals surface area contributed by atoms with Gasteiger partial charge in [-0.15, -0.1) is 0 Å². The molecule has 0 saturated heterocycles. The number of hydrogen-bond acceptors (Lipinski definition) is 1. The highest BCUT2D eigenvalue weighted by Gasteiger charge is 2.13. The normalized spacial score (nSPS) is 11.3. The number of benzene rings is 4. The van der Waals surface area contributed by atoms with E-state index in [1.54, 1.807) is 30.3 Å². The summed E-state index contributed by atoms with van der Waals surface area (Å²) >= 11 is 0. The maximum atomic E-state index is 15.1. The van der Waals surface area contributed by atoms with Crippen molar-refractivity contribution < 1.29 is 22.3 Å². The summed E-state index contributed by atoms with van der Waals surface area (Å²) in [6.07, 6.45) is 5.86. The van der Waals surface area contributed by atoms with Crippen molar-refractivity contribution >= 4 is 10.8 Å². The van der Waals surface area contributed by atoms with E-state index in [0.717, 1.165) is 42.2 Å². The highest BCUT2D eigenvalue weighted by molar-refractivity contribution is 5.84. The summed E-state index contributed by atoms with van der Waals surface area (Å²) < 4.78 is 63.0. The fourth-order valence-corrected chi connectivity index (χ4v) is 4.56. The second kappa shape index (κ2) is 12.8. The Morgan fingerprint density at radius 3 is 2.08 bits per heavy atom. The predicted molar refractivity (Wildman–Crippen MR) is 141 cm³/mol. The van der Waals surface area contributed by atoms with E-state index in [1.807, 2.05) is 12.1 Å². The van der Waals surface area contributed by atoms with Crippen LogP contribution in [0.3, 0.4) is 0 Å². The molecule has 0 bridgehead atoms. The molecule has 0 aliphatic carbocycles. The monoisotopic (exact) mass is 508 g/mol. The van der Waals surface area contributed by atoms with Crippen molar-refractivity contribution in [2.45, 2.75) is 58.3 Å². The van der Waals surface area contributed by atoms with Crippen LogP contribution in [0.5, 0.6) is 5.75 Å². The molecular weight excluding hydrogens is 476 g/mol. The molecule has 0 spiro atoms. The Bertz CT molecular complexity index is 1310. The smallest absolute Gasteiger partial charge is 0.134 e. The second-order valence-electron chi connectivity index (χ2n) is 9.50. The first-order valence-corrected chi connectivity index (χ1v) is 13.0.